The van der Waals surface area contributed by atoms with Gasteiger partial charge in [0.25, 0.3) is 0 Å². The maximum Gasteiger partial charge on any atom is 0.419 e. The van der Waals surface area contributed by atoms with E-state index >= 15 is 0 Å². The quantitative estimate of drug-likeness (QED) is 0.833. The molecule has 24 heavy (non-hydrogen) atoms. The zero-order chi connectivity index (χ0) is 17.6. The number of hydrogen-bond acceptors (Lipinski definition) is 4. The van der Waals surface area contributed by atoms with Gasteiger partial charge in [-0.1, -0.05) is 37.3 Å². The number of rotatable bonds is 7. The second-order valence-corrected chi connectivity index (χ2v) is 5.64. The summed E-state index contributed by atoms with van der Waals surface area (Å²) < 4.78 is 37.5. The largest absolute Gasteiger partial charge is 0.419 e. The summed E-state index contributed by atoms with van der Waals surface area (Å²) in [6.45, 7) is 3.43. The zero-order valence-electron chi connectivity index (χ0n) is 13.7. The molecule has 0 aliphatic heterocycles. The molecular formula is C17H21F3N4. The summed E-state index contributed by atoms with van der Waals surface area (Å²) in [6, 6.07) is 10.3. The van der Waals surface area contributed by atoms with E-state index in [1.165, 1.54) is 5.56 Å². The lowest BCUT2D eigenvalue weighted by Crippen LogP contribution is -2.36. The fourth-order valence-electron chi connectivity index (χ4n) is 2.39. The molecule has 0 fully saturated rings. The van der Waals surface area contributed by atoms with Crippen molar-refractivity contribution >= 4 is 5.95 Å². The van der Waals surface area contributed by atoms with E-state index in [1.807, 2.05) is 25.2 Å². The Kier molecular flexibility index (Phi) is 6.14. The van der Waals surface area contributed by atoms with Gasteiger partial charge < -0.3 is 5.32 Å². The van der Waals surface area contributed by atoms with Crippen molar-refractivity contribution in [3.05, 3.63) is 53.9 Å². The van der Waals surface area contributed by atoms with Gasteiger partial charge in [-0.05, 0) is 19.0 Å². The van der Waals surface area contributed by atoms with Crippen LogP contribution in [0.15, 0.2) is 42.7 Å². The van der Waals surface area contributed by atoms with Crippen LogP contribution in [-0.2, 0) is 12.7 Å². The van der Waals surface area contributed by atoms with Gasteiger partial charge in [0, 0.05) is 31.5 Å². The van der Waals surface area contributed by atoms with Crippen molar-refractivity contribution in [1.29, 1.82) is 0 Å². The van der Waals surface area contributed by atoms with Crippen LogP contribution in [0.3, 0.4) is 0 Å². The number of alkyl halides is 3. The molecular weight excluding hydrogens is 317 g/mol. The van der Waals surface area contributed by atoms with Gasteiger partial charge in [-0.25, -0.2) is 9.97 Å². The van der Waals surface area contributed by atoms with Crippen LogP contribution < -0.4 is 5.32 Å². The van der Waals surface area contributed by atoms with Crippen molar-refractivity contribution in [3.8, 4) is 0 Å². The minimum Gasteiger partial charge on any atom is -0.353 e. The molecule has 130 valence electrons. The highest BCUT2D eigenvalue weighted by Crippen LogP contribution is 2.28. The molecule has 0 radical (unpaired) electrons. The normalized spacial score (nSPS) is 13.1. The Morgan fingerprint density at radius 1 is 1.12 bits per heavy atom. The summed E-state index contributed by atoms with van der Waals surface area (Å²) in [6.07, 6.45) is -1.93. The monoisotopic (exact) mass is 338 g/mol. The maximum atomic E-state index is 12.5. The predicted octanol–water partition coefficient (Wildman–Crippen LogP) is 3.82. The number of aromatic nitrogens is 2. The molecule has 4 nitrogen and oxygen atoms in total. The molecule has 0 bridgehead atoms. The van der Waals surface area contributed by atoms with Crippen LogP contribution in [0.5, 0.6) is 0 Å². The summed E-state index contributed by atoms with van der Waals surface area (Å²) in [5.74, 6) is 0.203. The first-order valence-corrected chi connectivity index (χ1v) is 7.77. The van der Waals surface area contributed by atoms with E-state index in [-0.39, 0.29) is 12.0 Å². The summed E-state index contributed by atoms with van der Waals surface area (Å²) in [4.78, 5) is 9.67. The van der Waals surface area contributed by atoms with Gasteiger partial charge in [0.15, 0.2) is 0 Å². The van der Waals surface area contributed by atoms with E-state index < -0.39 is 11.7 Å². The minimum absolute atomic E-state index is 0.203. The third kappa shape index (κ3) is 5.19. The minimum atomic E-state index is -4.42. The molecule has 0 saturated heterocycles. The standard InChI is InChI=1S/C17H21F3N4/c1-3-15(24(2)12-13-7-5-4-6-8-13)11-23-16-21-9-14(10-22-16)17(18,19)20/h4-10,15H,3,11-12H2,1-2H3,(H,21,22,23)/t15-/m0/s1. The predicted molar refractivity (Wildman–Crippen MR) is 87.5 cm³/mol. The van der Waals surface area contributed by atoms with Crippen LogP contribution in [0, 0.1) is 0 Å². The van der Waals surface area contributed by atoms with Crippen molar-refractivity contribution in [2.24, 2.45) is 0 Å². The lowest BCUT2D eigenvalue weighted by Gasteiger charge is -2.27. The van der Waals surface area contributed by atoms with Crippen LogP contribution in [0.1, 0.15) is 24.5 Å². The van der Waals surface area contributed by atoms with E-state index in [4.69, 9.17) is 0 Å². The average Bonchev–Trinajstić information content (AvgIpc) is 2.56. The highest BCUT2D eigenvalue weighted by atomic mass is 19.4. The van der Waals surface area contributed by atoms with Gasteiger partial charge in [0.2, 0.25) is 5.95 Å². The van der Waals surface area contributed by atoms with Gasteiger partial charge in [0.1, 0.15) is 0 Å². The van der Waals surface area contributed by atoms with Crippen LogP contribution in [0.4, 0.5) is 19.1 Å². The Hall–Kier alpha value is -2.15. The van der Waals surface area contributed by atoms with E-state index in [0.717, 1.165) is 25.4 Å². The molecule has 2 aromatic rings. The molecule has 7 heteroatoms. The number of nitrogens with zero attached hydrogens (tertiary/aromatic N) is 3. The molecule has 0 saturated carbocycles. The van der Waals surface area contributed by atoms with Crippen LogP contribution in [0.25, 0.3) is 0 Å². The highest BCUT2D eigenvalue weighted by molar-refractivity contribution is 5.26. The molecule has 1 atom stereocenters. The van der Waals surface area contributed by atoms with Crippen molar-refractivity contribution in [3.63, 3.8) is 0 Å². The first-order chi connectivity index (χ1) is 11.4. The smallest absolute Gasteiger partial charge is 0.353 e. The molecule has 1 aromatic heterocycles. The first-order valence-electron chi connectivity index (χ1n) is 7.77. The number of hydrogen-bond donors (Lipinski definition) is 1. The number of halogens is 3. The Morgan fingerprint density at radius 2 is 1.75 bits per heavy atom. The topological polar surface area (TPSA) is 41.1 Å². The van der Waals surface area contributed by atoms with Gasteiger partial charge in [0.05, 0.1) is 5.56 Å². The highest BCUT2D eigenvalue weighted by Gasteiger charge is 2.31. The summed E-state index contributed by atoms with van der Waals surface area (Å²) in [7, 11) is 2.02. The lowest BCUT2D eigenvalue weighted by atomic mass is 10.1. The summed E-state index contributed by atoms with van der Waals surface area (Å²) in [5, 5.41) is 3.01. The number of benzene rings is 1. The Labute approximate surface area is 139 Å². The second-order valence-electron chi connectivity index (χ2n) is 5.64. The number of anilines is 1. The van der Waals surface area contributed by atoms with Crippen LogP contribution >= 0.6 is 0 Å². The Morgan fingerprint density at radius 3 is 2.29 bits per heavy atom. The third-order valence-corrected chi connectivity index (χ3v) is 3.84. The van der Waals surface area contributed by atoms with Crippen molar-refractivity contribution in [2.75, 3.05) is 18.9 Å². The zero-order valence-corrected chi connectivity index (χ0v) is 13.7. The summed E-state index contributed by atoms with van der Waals surface area (Å²) >= 11 is 0. The van der Waals surface area contributed by atoms with Gasteiger partial charge in [-0.3, -0.25) is 4.90 Å². The fraction of sp³-hybridized carbons (Fsp3) is 0.412. The van der Waals surface area contributed by atoms with E-state index in [0.29, 0.717) is 6.54 Å². The van der Waals surface area contributed by atoms with Crippen LogP contribution in [0.2, 0.25) is 0 Å². The van der Waals surface area contributed by atoms with Crippen molar-refractivity contribution < 1.29 is 13.2 Å². The molecule has 0 aliphatic rings. The second kappa shape index (κ2) is 8.10. The van der Waals surface area contributed by atoms with Gasteiger partial charge in [-0.15, -0.1) is 0 Å². The molecule has 1 aromatic carbocycles. The molecule has 1 N–H and O–H groups in total. The molecule has 2 rings (SSSR count). The molecule has 0 aliphatic carbocycles. The van der Waals surface area contributed by atoms with Crippen molar-refractivity contribution in [1.82, 2.24) is 14.9 Å². The van der Waals surface area contributed by atoms with Gasteiger partial charge >= 0.3 is 6.18 Å². The third-order valence-electron chi connectivity index (χ3n) is 3.84. The number of likely N-dealkylation sites (N-methyl/N-ethyl adjacent to an activating group) is 1. The summed E-state index contributed by atoms with van der Waals surface area (Å²) in [5.41, 5.74) is 0.366. The SMILES string of the molecule is CC[C@@H](CNc1ncc(C(F)(F)F)cn1)N(C)Cc1ccccc1. The fourth-order valence-corrected chi connectivity index (χ4v) is 2.39. The molecule has 1 heterocycles. The van der Waals surface area contributed by atoms with Crippen LogP contribution in [-0.4, -0.2) is 34.5 Å². The molecule has 0 unspecified atom stereocenters. The Balaban J connectivity index is 1.91. The molecule has 0 amide bonds. The van der Waals surface area contributed by atoms with E-state index in [2.05, 4.69) is 39.2 Å². The molecule has 0 spiro atoms. The average molecular weight is 338 g/mol. The number of nitrogens with one attached hydrogen (secondary N) is 1. The van der Waals surface area contributed by atoms with E-state index in [1.54, 1.807) is 0 Å². The Bertz CT molecular complexity index is 614. The van der Waals surface area contributed by atoms with Gasteiger partial charge in [-0.2, -0.15) is 13.2 Å². The maximum absolute atomic E-state index is 12.5. The lowest BCUT2D eigenvalue weighted by molar-refractivity contribution is -0.138. The van der Waals surface area contributed by atoms with Crippen molar-refractivity contribution in [2.45, 2.75) is 32.1 Å². The van der Waals surface area contributed by atoms with E-state index in [9.17, 15) is 13.2 Å². The first kappa shape index (κ1) is 18.2.